The van der Waals surface area contributed by atoms with E-state index in [1.165, 1.54) is 0 Å². The molecular weight excluding hydrogens is 252 g/mol. The lowest BCUT2D eigenvalue weighted by Crippen LogP contribution is -2.18. The molecule has 0 saturated carbocycles. The molecule has 1 unspecified atom stereocenters. The summed E-state index contributed by atoms with van der Waals surface area (Å²) in [5.74, 6) is 0.601. The highest BCUT2D eigenvalue weighted by Gasteiger charge is 2.26. The Morgan fingerprint density at radius 2 is 1.90 bits per heavy atom. The maximum absolute atomic E-state index is 10.8. The molecule has 0 amide bonds. The molecule has 0 aliphatic heterocycles. The van der Waals surface area contributed by atoms with Crippen LogP contribution in [0.4, 0.5) is 0 Å². The van der Waals surface area contributed by atoms with Crippen molar-refractivity contribution in [1.82, 2.24) is 9.78 Å². The van der Waals surface area contributed by atoms with Crippen molar-refractivity contribution in [2.75, 3.05) is 7.11 Å². The fourth-order valence-corrected chi connectivity index (χ4v) is 2.46. The lowest BCUT2D eigenvalue weighted by atomic mass is 9.82. The molecule has 1 aromatic carbocycles. The number of methoxy groups -OCH3 is 1. The molecule has 2 aromatic rings. The Balaban J connectivity index is 2.54. The summed E-state index contributed by atoms with van der Waals surface area (Å²) in [5.41, 5.74) is 2.64. The van der Waals surface area contributed by atoms with Gasteiger partial charge in [0, 0.05) is 7.05 Å². The fourth-order valence-electron chi connectivity index (χ4n) is 2.46. The smallest absolute Gasteiger partial charge is 0.162 e. The highest BCUT2D eigenvalue weighted by Crippen LogP contribution is 2.35. The maximum atomic E-state index is 10.8. The summed E-state index contributed by atoms with van der Waals surface area (Å²) in [4.78, 5) is 0. The van der Waals surface area contributed by atoms with Crippen molar-refractivity contribution in [1.29, 1.82) is 0 Å². The molecule has 0 radical (unpaired) electrons. The van der Waals surface area contributed by atoms with Crippen LogP contribution < -0.4 is 4.74 Å². The number of aliphatic hydroxyl groups is 1. The summed E-state index contributed by atoms with van der Waals surface area (Å²) in [7, 11) is 3.39. The molecule has 1 atom stereocenters. The average molecular weight is 274 g/mol. The first kappa shape index (κ1) is 14.6. The normalized spacial score (nSPS) is 13.3. The van der Waals surface area contributed by atoms with Gasteiger partial charge in [-0.3, -0.25) is 4.68 Å². The van der Waals surface area contributed by atoms with E-state index in [1.54, 1.807) is 25.0 Å². The van der Waals surface area contributed by atoms with Crippen LogP contribution in [0, 0.1) is 0 Å². The minimum absolute atomic E-state index is 0.0383. The maximum Gasteiger partial charge on any atom is 0.162 e. The quantitative estimate of drug-likeness (QED) is 0.936. The Kier molecular flexibility index (Phi) is 3.86. The number of benzene rings is 1. The molecule has 0 saturated heterocycles. The number of aromatic nitrogens is 2. The van der Waals surface area contributed by atoms with Gasteiger partial charge in [0.25, 0.3) is 0 Å². The molecule has 108 valence electrons. The fraction of sp³-hybridized carbons (Fsp3) is 0.438. The van der Waals surface area contributed by atoms with Gasteiger partial charge in [-0.2, -0.15) is 5.10 Å². The monoisotopic (exact) mass is 274 g/mol. The highest BCUT2D eigenvalue weighted by atomic mass is 16.5. The minimum Gasteiger partial charge on any atom is -0.493 e. The Morgan fingerprint density at radius 1 is 1.25 bits per heavy atom. The zero-order valence-electron chi connectivity index (χ0n) is 12.7. The van der Waals surface area contributed by atoms with Crippen molar-refractivity contribution in [3.63, 3.8) is 0 Å². The third kappa shape index (κ3) is 2.56. The number of aliphatic hydroxyl groups excluding tert-OH is 1. The van der Waals surface area contributed by atoms with Crippen LogP contribution in [0.3, 0.4) is 0 Å². The van der Waals surface area contributed by atoms with Gasteiger partial charge < -0.3 is 9.84 Å². The Morgan fingerprint density at radius 3 is 2.50 bits per heavy atom. The van der Waals surface area contributed by atoms with Crippen LogP contribution >= 0.6 is 0 Å². The second-order valence-corrected chi connectivity index (χ2v) is 5.96. The molecule has 0 aliphatic carbocycles. The van der Waals surface area contributed by atoms with Crippen LogP contribution in [0.1, 0.15) is 43.7 Å². The van der Waals surface area contributed by atoms with E-state index in [4.69, 9.17) is 4.74 Å². The first-order valence-electron chi connectivity index (χ1n) is 6.69. The lowest BCUT2D eigenvalue weighted by Gasteiger charge is -2.25. The summed E-state index contributed by atoms with van der Waals surface area (Å²) < 4.78 is 6.95. The number of aryl methyl sites for hydroxylation is 1. The molecule has 1 N–H and O–H groups in total. The number of rotatable bonds is 3. The summed E-state index contributed by atoms with van der Waals surface area (Å²) in [5, 5.41) is 14.9. The lowest BCUT2D eigenvalue weighted by molar-refractivity contribution is 0.202. The first-order valence-corrected chi connectivity index (χ1v) is 6.69. The van der Waals surface area contributed by atoms with Gasteiger partial charge in [0.1, 0.15) is 11.8 Å². The first-order chi connectivity index (χ1) is 9.36. The number of hydrogen-bond acceptors (Lipinski definition) is 3. The third-order valence-electron chi connectivity index (χ3n) is 3.49. The van der Waals surface area contributed by atoms with Gasteiger partial charge in [-0.25, -0.2) is 0 Å². The highest BCUT2D eigenvalue weighted by molar-refractivity contribution is 5.41. The minimum atomic E-state index is -0.757. The van der Waals surface area contributed by atoms with Gasteiger partial charge >= 0.3 is 0 Å². The molecule has 1 aromatic heterocycles. The third-order valence-corrected chi connectivity index (χ3v) is 3.49. The molecule has 4 nitrogen and oxygen atoms in total. The van der Waals surface area contributed by atoms with Crippen molar-refractivity contribution in [2.45, 2.75) is 32.3 Å². The van der Waals surface area contributed by atoms with Gasteiger partial charge in [-0.15, -0.1) is 0 Å². The van der Waals surface area contributed by atoms with Crippen LogP contribution in [0.5, 0.6) is 5.75 Å². The van der Waals surface area contributed by atoms with Crippen LogP contribution in [-0.2, 0) is 12.5 Å². The van der Waals surface area contributed by atoms with Crippen molar-refractivity contribution < 1.29 is 9.84 Å². The number of ether oxygens (including phenoxy) is 1. The van der Waals surface area contributed by atoms with Crippen LogP contribution in [0.2, 0.25) is 0 Å². The van der Waals surface area contributed by atoms with E-state index >= 15 is 0 Å². The van der Waals surface area contributed by atoms with Gasteiger partial charge in [-0.05, 0) is 16.5 Å². The summed E-state index contributed by atoms with van der Waals surface area (Å²) >= 11 is 0. The zero-order valence-corrected chi connectivity index (χ0v) is 12.7. The number of hydrogen-bond donors (Lipinski definition) is 1. The second-order valence-electron chi connectivity index (χ2n) is 5.96. The summed E-state index contributed by atoms with van der Waals surface area (Å²) in [6.45, 7) is 6.41. The van der Waals surface area contributed by atoms with Gasteiger partial charge in [0.2, 0.25) is 0 Å². The van der Waals surface area contributed by atoms with Crippen molar-refractivity contribution >= 4 is 0 Å². The van der Waals surface area contributed by atoms with Gasteiger partial charge in [0.05, 0.1) is 13.3 Å². The SMILES string of the molecule is COc1cnn(C)c1C(O)c1ccccc1C(C)(C)C. The van der Waals surface area contributed by atoms with Crippen LogP contribution in [-0.4, -0.2) is 22.0 Å². The summed E-state index contributed by atoms with van der Waals surface area (Å²) in [6, 6.07) is 7.95. The predicted octanol–water partition coefficient (Wildman–Crippen LogP) is 2.81. The van der Waals surface area contributed by atoms with E-state index in [-0.39, 0.29) is 5.41 Å². The number of nitrogens with zero attached hydrogens (tertiary/aromatic N) is 2. The van der Waals surface area contributed by atoms with E-state index in [1.807, 2.05) is 18.2 Å². The molecule has 20 heavy (non-hydrogen) atoms. The van der Waals surface area contributed by atoms with Crippen molar-refractivity contribution in [3.05, 3.63) is 47.3 Å². The predicted molar refractivity (Wildman–Crippen MR) is 79.0 cm³/mol. The molecule has 1 heterocycles. The Hall–Kier alpha value is -1.81. The van der Waals surface area contributed by atoms with Crippen molar-refractivity contribution in [2.24, 2.45) is 7.05 Å². The van der Waals surface area contributed by atoms with Crippen LogP contribution in [0.15, 0.2) is 30.5 Å². The van der Waals surface area contributed by atoms with E-state index in [2.05, 4.69) is 31.9 Å². The Labute approximate surface area is 120 Å². The molecule has 0 aliphatic rings. The van der Waals surface area contributed by atoms with E-state index < -0.39 is 6.10 Å². The summed E-state index contributed by atoms with van der Waals surface area (Å²) in [6.07, 6.45) is 0.867. The molecule has 0 fully saturated rings. The van der Waals surface area contributed by atoms with Gasteiger partial charge in [-0.1, -0.05) is 45.0 Å². The molecular formula is C16H22N2O2. The average Bonchev–Trinajstić information content (AvgIpc) is 2.78. The topological polar surface area (TPSA) is 47.3 Å². The van der Waals surface area contributed by atoms with Crippen LogP contribution in [0.25, 0.3) is 0 Å². The Bertz CT molecular complexity index is 597. The standard InChI is InChI=1S/C16H22N2O2/c1-16(2,3)12-9-7-6-8-11(12)15(19)14-13(20-5)10-17-18(14)4/h6-10,15,19H,1-5H3. The molecule has 0 bridgehead atoms. The second kappa shape index (κ2) is 5.29. The van der Waals surface area contributed by atoms with E-state index in [9.17, 15) is 5.11 Å². The van der Waals surface area contributed by atoms with Crippen molar-refractivity contribution in [3.8, 4) is 5.75 Å². The molecule has 4 heteroatoms. The zero-order chi connectivity index (χ0) is 14.9. The van der Waals surface area contributed by atoms with E-state index in [0.29, 0.717) is 11.4 Å². The molecule has 2 rings (SSSR count). The molecule has 0 spiro atoms. The van der Waals surface area contributed by atoms with Gasteiger partial charge in [0.15, 0.2) is 5.75 Å². The van der Waals surface area contributed by atoms with E-state index in [0.717, 1.165) is 11.1 Å². The largest absolute Gasteiger partial charge is 0.493 e.